The fourth-order valence-corrected chi connectivity index (χ4v) is 6.16. The number of nitrogens with zero attached hydrogens (tertiary/aromatic N) is 4. The van der Waals surface area contributed by atoms with E-state index in [0.29, 0.717) is 11.1 Å². The number of carboxylic acids is 2. The van der Waals surface area contributed by atoms with Gasteiger partial charge in [0.15, 0.2) is 0 Å². The average molecular weight is 567 g/mol. The Labute approximate surface area is 242 Å². The molecule has 0 aromatic heterocycles. The SMILES string of the molecule is CC1=Nc2ccc(C3=C4C(=O)N(CC(=O)O)C(c5ccc6c(c5)C(C)(C)C(C)=N6)=C4C(=O)N3CC(=O)O)cc2C1(C)C. The number of aliphatic carboxylic acids is 2. The van der Waals surface area contributed by atoms with Crippen LogP contribution in [0.4, 0.5) is 11.4 Å². The summed E-state index contributed by atoms with van der Waals surface area (Å²) in [6.45, 7) is 10.6. The summed E-state index contributed by atoms with van der Waals surface area (Å²) < 4.78 is 0. The molecule has 10 nitrogen and oxygen atoms in total. The summed E-state index contributed by atoms with van der Waals surface area (Å²) >= 11 is 0. The predicted molar refractivity (Wildman–Crippen MR) is 157 cm³/mol. The second-order valence-corrected chi connectivity index (χ2v) is 12.1. The summed E-state index contributed by atoms with van der Waals surface area (Å²) in [6, 6.07) is 10.7. The molecule has 2 N–H and O–H groups in total. The molecule has 4 heterocycles. The first-order chi connectivity index (χ1) is 19.6. The molecule has 10 heteroatoms. The van der Waals surface area contributed by atoms with E-state index in [9.17, 15) is 29.4 Å². The molecule has 0 aliphatic carbocycles. The molecular weight excluding hydrogens is 536 g/mol. The number of carboxylic acid groups (broad SMARTS) is 2. The van der Waals surface area contributed by atoms with Crippen molar-refractivity contribution in [3.8, 4) is 0 Å². The monoisotopic (exact) mass is 566 g/mol. The summed E-state index contributed by atoms with van der Waals surface area (Å²) in [5, 5.41) is 19.5. The van der Waals surface area contributed by atoms with Gasteiger partial charge in [0.05, 0.1) is 33.9 Å². The molecule has 2 aromatic rings. The number of aliphatic imine (C=N–C) groups is 2. The maximum absolute atomic E-state index is 14.1. The maximum Gasteiger partial charge on any atom is 0.323 e. The highest BCUT2D eigenvalue weighted by Gasteiger charge is 2.50. The van der Waals surface area contributed by atoms with E-state index in [2.05, 4.69) is 9.98 Å². The normalized spacial score (nSPS) is 19.8. The van der Waals surface area contributed by atoms with Crippen LogP contribution in [0.15, 0.2) is 57.5 Å². The third-order valence-corrected chi connectivity index (χ3v) is 9.04. The number of hydrogen-bond donors (Lipinski definition) is 2. The van der Waals surface area contributed by atoms with E-state index in [1.807, 2.05) is 53.7 Å². The molecule has 214 valence electrons. The Balaban J connectivity index is 1.61. The zero-order chi connectivity index (χ0) is 30.5. The molecule has 0 atom stereocenters. The van der Waals surface area contributed by atoms with Crippen molar-refractivity contribution in [3.63, 3.8) is 0 Å². The van der Waals surface area contributed by atoms with Crippen molar-refractivity contribution in [1.29, 1.82) is 0 Å². The molecule has 0 unspecified atom stereocenters. The number of hydrogen-bond acceptors (Lipinski definition) is 6. The Bertz CT molecular complexity index is 1670. The minimum Gasteiger partial charge on any atom is -0.480 e. The fraction of sp³-hybridized carbons (Fsp3) is 0.312. The highest BCUT2D eigenvalue weighted by Crippen LogP contribution is 2.50. The lowest BCUT2D eigenvalue weighted by Crippen LogP contribution is -2.35. The first-order valence-electron chi connectivity index (χ1n) is 13.6. The van der Waals surface area contributed by atoms with E-state index >= 15 is 0 Å². The van der Waals surface area contributed by atoms with Gasteiger partial charge in [0.1, 0.15) is 13.1 Å². The Morgan fingerprint density at radius 2 is 1.05 bits per heavy atom. The van der Waals surface area contributed by atoms with E-state index in [1.54, 1.807) is 24.3 Å². The second kappa shape index (κ2) is 8.82. The lowest BCUT2D eigenvalue weighted by molar-refractivity contribution is -0.140. The number of benzene rings is 2. The van der Waals surface area contributed by atoms with Gasteiger partial charge in [0, 0.05) is 22.3 Å². The Morgan fingerprint density at radius 1 is 0.690 bits per heavy atom. The Morgan fingerprint density at radius 3 is 1.38 bits per heavy atom. The molecule has 0 spiro atoms. The largest absolute Gasteiger partial charge is 0.480 e. The van der Waals surface area contributed by atoms with Crippen LogP contribution >= 0.6 is 0 Å². The second-order valence-electron chi connectivity index (χ2n) is 12.1. The Hall–Kier alpha value is -4.86. The summed E-state index contributed by atoms with van der Waals surface area (Å²) in [5.41, 5.74) is 5.55. The van der Waals surface area contributed by atoms with Crippen LogP contribution in [0, 0.1) is 0 Å². The van der Waals surface area contributed by atoms with E-state index < -0.39 is 47.7 Å². The van der Waals surface area contributed by atoms with Gasteiger partial charge < -0.3 is 10.2 Å². The number of amides is 2. The Kier molecular flexibility index (Phi) is 5.74. The highest BCUT2D eigenvalue weighted by molar-refractivity contribution is 6.31. The molecule has 0 radical (unpaired) electrons. The highest BCUT2D eigenvalue weighted by atomic mass is 16.4. The van der Waals surface area contributed by atoms with Gasteiger partial charge >= 0.3 is 11.9 Å². The van der Waals surface area contributed by atoms with Crippen molar-refractivity contribution in [2.24, 2.45) is 9.98 Å². The molecule has 4 aliphatic rings. The zero-order valence-electron chi connectivity index (χ0n) is 24.2. The number of carbonyl (C=O) groups is 4. The number of carbonyl (C=O) groups excluding carboxylic acids is 2. The van der Waals surface area contributed by atoms with E-state index in [1.165, 1.54) is 0 Å². The molecule has 42 heavy (non-hydrogen) atoms. The minimum absolute atomic E-state index is 0.00178. The van der Waals surface area contributed by atoms with E-state index in [0.717, 1.165) is 43.7 Å². The predicted octanol–water partition coefficient (Wildman–Crippen LogP) is 4.43. The van der Waals surface area contributed by atoms with Crippen molar-refractivity contribution in [2.45, 2.75) is 52.4 Å². The number of rotatable bonds is 6. The molecule has 0 bridgehead atoms. The van der Waals surface area contributed by atoms with Gasteiger partial charge in [-0.15, -0.1) is 0 Å². The number of fused-ring (bicyclic) bond motifs is 3. The molecular formula is C32H30N4O6. The maximum atomic E-state index is 14.1. The van der Waals surface area contributed by atoms with Gasteiger partial charge in [-0.25, -0.2) is 0 Å². The van der Waals surface area contributed by atoms with Gasteiger partial charge in [0.25, 0.3) is 11.8 Å². The summed E-state index contributed by atoms with van der Waals surface area (Å²) in [6.07, 6.45) is 0. The molecule has 0 saturated heterocycles. The quantitative estimate of drug-likeness (QED) is 0.530. The molecule has 0 fully saturated rings. The first-order valence-corrected chi connectivity index (χ1v) is 13.6. The molecule has 6 rings (SSSR count). The molecule has 0 saturated carbocycles. The van der Waals surface area contributed by atoms with Gasteiger partial charge in [-0.1, -0.05) is 39.8 Å². The van der Waals surface area contributed by atoms with Crippen LogP contribution in [-0.4, -0.2) is 68.3 Å². The van der Waals surface area contributed by atoms with Crippen molar-refractivity contribution in [3.05, 3.63) is 69.8 Å². The third kappa shape index (κ3) is 3.71. The molecule has 2 amide bonds. The van der Waals surface area contributed by atoms with Crippen LogP contribution in [0.5, 0.6) is 0 Å². The lowest BCUT2D eigenvalue weighted by Gasteiger charge is -2.25. The zero-order valence-corrected chi connectivity index (χ0v) is 24.2. The average Bonchev–Trinajstić information content (AvgIpc) is 3.50. The van der Waals surface area contributed by atoms with Crippen molar-refractivity contribution in [2.75, 3.05) is 13.1 Å². The van der Waals surface area contributed by atoms with Gasteiger partial charge in [-0.3, -0.25) is 39.0 Å². The first kappa shape index (κ1) is 27.3. The van der Waals surface area contributed by atoms with E-state index in [-0.39, 0.29) is 22.5 Å². The van der Waals surface area contributed by atoms with Crippen LogP contribution in [-0.2, 0) is 30.0 Å². The smallest absolute Gasteiger partial charge is 0.323 e. The molecule has 4 aliphatic heterocycles. The van der Waals surface area contributed by atoms with Crippen LogP contribution in [0.1, 0.15) is 63.8 Å². The van der Waals surface area contributed by atoms with Gasteiger partial charge in [-0.05, 0) is 60.4 Å². The topological polar surface area (TPSA) is 140 Å². The fourth-order valence-electron chi connectivity index (χ4n) is 6.16. The summed E-state index contributed by atoms with van der Waals surface area (Å²) in [7, 11) is 0. The van der Waals surface area contributed by atoms with Crippen molar-refractivity contribution < 1.29 is 29.4 Å². The summed E-state index contributed by atoms with van der Waals surface area (Å²) in [5.74, 6) is -3.83. The van der Waals surface area contributed by atoms with Gasteiger partial charge in [0.2, 0.25) is 0 Å². The van der Waals surface area contributed by atoms with Crippen LogP contribution in [0.3, 0.4) is 0 Å². The van der Waals surface area contributed by atoms with Crippen LogP contribution < -0.4 is 0 Å². The standard InChI is InChI=1S/C32H30N4O6/c1-15-31(3,4)19-11-17(7-9-21(19)33-15)27-25-26(30(42)35(27)13-23(37)38)28(36(29(25)41)14-24(39)40)18-8-10-22-20(12-18)32(5,6)16(2)34-22/h7-12H,13-14H2,1-6H3,(H,37,38)(H,39,40). The third-order valence-electron chi connectivity index (χ3n) is 9.04. The van der Waals surface area contributed by atoms with Crippen LogP contribution in [0.2, 0.25) is 0 Å². The van der Waals surface area contributed by atoms with E-state index in [4.69, 9.17) is 0 Å². The van der Waals surface area contributed by atoms with Crippen LogP contribution in [0.25, 0.3) is 11.4 Å². The van der Waals surface area contributed by atoms with Crippen molar-refractivity contribution >= 4 is 57.9 Å². The summed E-state index contributed by atoms with van der Waals surface area (Å²) in [4.78, 5) is 63.6. The van der Waals surface area contributed by atoms with Crippen molar-refractivity contribution in [1.82, 2.24) is 9.80 Å². The lowest BCUT2D eigenvalue weighted by atomic mass is 9.81. The van der Waals surface area contributed by atoms with Gasteiger partial charge in [-0.2, -0.15) is 0 Å². The minimum atomic E-state index is -1.24. The molecule has 2 aromatic carbocycles.